The fourth-order valence-corrected chi connectivity index (χ4v) is 4.94. The molecule has 0 amide bonds. The summed E-state index contributed by atoms with van der Waals surface area (Å²) in [6.45, 7) is 7.34. The van der Waals surface area contributed by atoms with E-state index in [1.54, 1.807) is 11.3 Å². The van der Waals surface area contributed by atoms with E-state index in [0.717, 1.165) is 27.3 Å². The number of aryl methyl sites for hydroxylation is 2. The van der Waals surface area contributed by atoms with Gasteiger partial charge in [0.25, 0.3) is 0 Å². The Balaban J connectivity index is 1.51. The number of hydrogen-bond acceptors (Lipinski definition) is 5. The number of nitrogens with zero attached hydrogens (tertiary/aromatic N) is 1. The van der Waals surface area contributed by atoms with E-state index in [9.17, 15) is 4.79 Å². The van der Waals surface area contributed by atoms with Gasteiger partial charge in [-0.2, -0.15) is 0 Å². The van der Waals surface area contributed by atoms with Gasteiger partial charge < -0.3 is 9.47 Å². The Hall–Kier alpha value is -2.89. The Kier molecular flexibility index (Phi) is 4.72. The van der Waals surface area contributed by atoms with Gasteiger partial charge in [0.1, 0.15) is 18.2 Å². The molecule has 0 bridgehead atoms. The van der Waals surface area contributed by atoms with Gasteiger partial charge in [0.05, 0.1) is 11.1 Å². The van der Waals surface area contributed by atoms with Gasteiger partial charge in [-0.25, -0.2) is 0 Å². The zero-order valence-electron chi connectivity index (χ0n) is 17.3. The second-order valence-electron chi connectivity index (χ2n) is 7.89. The lowest BCUT2D eigenvalue weighted by molar-refractivity contribution is 0.0605. The maximum absolute atomic E-state index is 13.1. The van der Waals surface area contributed by atoms with Crippen molar-refractivity contribution in [1.82, 2.24) is 4.90 Å². The molecule has 0 N–H and O–H groups in total. The Morgan fingerprint density at radius 1 is 1.13 bits per heavy atom. The molecule has 0 saturated heterocycles. The van der Waals surface area contributed by atoms with E-state index >= 15 is 0 Å². The molecule has 5 rings (SSSR count). The summed E-state index contributed by atoms with van der Waals surface area (Å²) in [6.07, 6.45) is 1.86. The van der Waals surface area contributed by atoms with E-state index in [2.05, 4.69) is 36.1 Å². The van der Waals surface area contributed by atoms with Crippen LogP contribution in [0.15, 0.2) is 53.6 Å². The highest BCUT2D eigenvalue weighted by Gasteiger charge is 2.36. The number of rotatable bonds is 3. The van der Waals surface area contributed by atoms with Gasteiger partial charge in [0, 0.05) is 23.5 Å². The highest BCUT2D eigenvalue weighted by molar-refractivity contribution is 7.11. The van der Waals surface area contributed by atoms with Gasteiger partial charge >= 0.3 is 0 Å². The summed E-state index contributed by atoms with van der Waals surface area (Å²) in [5.74, 6) is 1.80. The van der Waals surface area contributed by atoms with Crippen LogP contribution in [0, 0.1) is 13.8 Å². The maximum atomic E-state index is 13.1. The van der Waals surface area contributed by atoms with E-state index < -0.39 is 0 Å². The summed E-state index contributed by atoms with van der Waals surface area (Å²) in [5.41, 5.74) is 4.88. The minimum Gasteiger partial charge on any atom is -0.478 e. The van der Waals surface area contributed by atoms with Crippen molar-refractivity contribution in [1.29, 1.82) is 0 Å². The average Bonchev–Trinajstić information content (AvgIpc) is 3.32. The molecule has 2 aliphatic rings. The molecular weight excluding hydrogens is 394 g/mol. The third kappa shape index (κ3) is 3.15. The van der Waals surface area contributed by atoms with E-state index in [1.807, 2.05) is 43.5 Å². The molecule has 0 saturated carbocycles. The normalized spacial score (nSPS) is 18.0. The molecule has 0 fully saturated rings. The summed E-state index contributed by atoms with van der Waals surface area (Å²) in [4.78, 5) is 16.4. The zero-order chi connectivity index (χ0) is 20.8. The second kappa shape index (κ2) is 7.42. The molecule has 3 aromatic rings. The van der Waals surface area contributed by atoms with Crippen molar-refractivity contribution in [2.75, 3.05) is 6.73 Å². The van der Waals surface area contributed by atoms with Crippen molar-refractivity contribution in [3.05, 3.63) is 86.3 Å². The average molecular weight is 418 g/mol. The van der Waals surface area contributed by atoms with E-state index in [4.69, 9.17) is 9.47 Å². The van der Waals surface area contributed by atoms with Crippen molar-refractivity contribution < 1.29 is 14.3 Å². The zero-order valence-corrected chi connectivity index (χ0v) is 18.1. The lowest BCUT2D eigenvalue weighted by Gasteiger charge is -2.34. The van der Waals surface area contributed by atoms with Crippen molar-refractivity contribution in [3.8, 4) is 11.5 Å². The number of allylic oxidation sites excluding steroid dienone is 1. The Bertz CT molecular complexity index is 1160. The standard InChI is InChI=1S/C25H23NO3S/c1-15-9-10-30-22(15)12-21-24(27)23-16(2)11-20-19(25(23)29-21)13-26(14-28-20)17(3)18-7-5-4-6-8-18/h4-12,17H,13-14H2,1-3H3/b21-12-. The smallest absolute Gasteiger partial charge is 0.232 e. The molecule has 0 aliphatic carbocycles. The monoisotopic (exact) mass is 417 g/mol. The Morgan fingerprint density at radius 2 is 1.93 bits per heavy atom. The van der Waals surface area contributed by atoms with Crippen LogP contribution in [0.3, 0.4) is 0 Å². The highest BCUT2D eigenvalue weighted by Crippen LogP contribution is 2.45. The third-order valence-corrected chi connectivity index (χ3v) is 6.91. The number of Topliss-reactive ketones (excluding diaryl/α,β-unsaturated/α-hetero) is 1. The number of ketones is 1. The molecule has 0 spiro atoms. The van der Waals surface area contributed by atoms with E-state index in [1.165, 1.54) is 5.56 Å². The molecule has 1 aromatic heterocycles. The molecule has 5 heteroatoms. The van der Waals surface area contributed by atoms with Crippen LogP contribution in [-0.2, 0) is 6.54 Å². The summed E-state index contributed by atoms with van der Waals surface area (Å²) in [6, 6.07) is 14.6. The maximum Gasteiger partial charge on any atom is 0.232 e. The summed E-state index contributed by atoms with van der Waals surface area (Å²) < 4.78 is 12.3. The predicted molar refractivity (Wildman–Crippen MR) is 119 cm³/mol. The van der Waals surface area contributed by atoms with Crippen LogP contribution in [0.4, 0.5) is 0 Å². The number of carbonyl (C=O) groups is 1. The highest BCUT2D eigenvalue weighted by atomic mass is 32.1. The number of fused-ring (bicyclic) bond motifs is 3. The first kappa shape index (κ1) is 19.1. The number of carbonyl (C=O) groups excluding carboxylic acids is 1. The van der Waals surface area contributed by atoms with Crippen molar-refractivity contribution in [2.24, 2.45) is 0 Å². The van der Waals surface area contributed by atoms with Gasteiger partial charge in [0.15, 0.2) is 5.76 Å². The fraction of sp³-hybridized carbons (Fsp3) is 0.240. The van der Waals surface area contributed by atoms with Crippen LogP contribution in [0.25, 0.3) is 6.08 Å². The van der Waals surface area contributed by atoms with Gasteiger partial charge in [-0.15, -0.1) is 11.3 Å². The molecule has 30 heavy (non-hydrogen) atoms. The number of hydrogen-bond donors (Lipinski definition) is 0. The molecule has 152 valence electrons. The van der Waals surface area contributed by atoms with Gasteiger partial charge in [-0.3, -0.25) is 9.69 Å². The minimum absolute atomic E-state index is 0.0497. The molecule has 1 atom stereocenters. The van der Waals surface area contributed by atoms with E-state index in [-0.39, 0.29) is 11.8 Å². The number of ether oxygens (including phenoxy) is 2. The summed E-state index contributed by atoms with van der Waals surface area (Å²) in [5, 5.41) is 2.03. The molecule has 2 aliphatic heterocycles. The summed E-state index contributed by atoms with van der Waals surface area (Å²) >= 11 is 1.61. The fourth-order valence-electron chi connectivity index (χ4n) is 4.09. The first-order valence-corrected chi connectivity index (χ1v) is 11.0. The first-order valence-electron chi connectivity index (χ1n) is 10.1. The van der Waals surface area contributed by atoms with Gasteiger partial charge in [-0.1, -0.05) is 30.3 Å². The first-order chi connectivity index (χ1) is 14.5. The topological polar surface area (TPSA) is 38.8 Å². The number of thiophene rings is 1. The van der Waals surface area contributed by atoms with Crippen LogP contribution in [-0.4, -0.2) is 17.4 Å². The third-order valence-electron chi connectivity index (χ3n) is 5.94. The van der Waals surface area contributed by atoms with Gasteiger partial charge in [-0.05, 0) is 55.0 Å². The van der Waals surface area contributed by atoms with Crippen LogP contribution in [0.1, 0.15) is 50.5 Å². The molecule has 3 heterocycles. The Labute approximate surface area is 180 Å². The lowest BCUT2D eigenvalue weighted by atomic mass is 9.98. The van der Waals surface area contributed by atoms with Crippen molar-refractivity contribution in [2.45, 2.75) is 33.4 Å². The Morgan fingerprint density at radius 3 is 2.67 bits per heavy atom. The van der Waals surface area contributed by atoms with E-state index in [0.29, 0.717) is 30.3 Å². The molecule has 0 radical (unpaired) electrons. The summed E-state index contributed by atoms with van der Waals surface area (Å²) in [7, 11) is 0. The predicted octanol–water partition coefficient (Wildman–Crippen LogP) is 5.89. The largest absolute Gasteiger partial charge is 0.478 e. The van der Waals surface area contributed by atoms with Crippen LogP contribution < -0.4 is 9.47 Å². The van der Waals surface area contributed by atoms with Crippen LogP contribution >= 0.6 is 11.3 Å². The molecule has 1 unspecified atom stereocenters. The lowest BCUT2D eigenvalue weighted by Crippen LogP contribution is -2.34. The van der Waals surface area contributed by atoms with Gasteiger partial charge in [0.2, 0.25) is 5.78 Å². The SMILES string of the molecule is Cc1ccsc1/C=C1\Oc2c3c(cc(C)c2C1=O)OCN(C(C)c1ccccc1)C3. The molecule has 2 aromatic carbocycles. The van der Waals surface area contributed by atoms with Crippen molar-refractivity contribution in [3.63, 3.8) is 0 Å². The second-order valence-corrected chi connectivity index (χ2v) is 8.84. The molecule has 4 nitrogen and oxygen atoms in total. The van der Waals surface area contributed by atoms with Crippen LogP contribution in [0.5, 0.6) is 11.5 Å². The number of benzene rings is 2. The van der Waals surface area contributed by atoms with Crippen molar-refractivity contribution >= 4 is 23.2 Å². The quantitative estimate of drug-likeness (QED) is 0.498. The molecular formula is C25H23NO3S. The minimum atomic E-state index is -0.0497. The van der Waals surface area contributed by atoms with Crippen LogP contribution in [0.2, 0.25) is 0 Å².